The van der Waals surface area contributed by atoms with Gasteiger partial charge in [0.1, 0.15) is 12.2 Å². The molecule has 2 aromatic heterocycles. The molecule has 1 amide bonds. The number of carbonyl (C=O) groups is 1. The Labute approximate surface area is 173 Å². The van der Waals surface area contributed by atoms with Gasteiger partial charge in [0, 0.05) is 38.0 Å². The minimum absolute atomic E-state index is 0.0958. The minimum atomic E-state index is -0.406. The first-order chi connectivity index (χ1) is 14.6. The quantitative estimate of drug-likeness (QED) is 0.649. The molecule has 0 N–H and O–H groups in total. The van der Waals surface area contributed by atoms with Gasteiger partial charge in [-0.15, -0.1) is 10.2 Å². The van der Waals surface area contributed by atoms with Gasteiger partial charge in [0.15, 0.2) is 5.58 Å². The number of rotatable bonds is 5. The Kier molecular flexibility index (Phi) is 3.91. The lowest BCUT2D eigenvalue weighted by Gasteiger charge is -2.42. The standard InChI is InChI=1S/C22H25N5O3/c28-19(8-11-26-17-4-1-2-5-18(17)30-21(26)29)25-12-16(22(13-25)9-3-10-22)20-24-23-14-27(20)15-6-7-15/h1-2,4-5,14-16H,3,6-13H2. The van der Waals surface area contributed by atoms with Crippen LogP contribution in [0.25, 0.3) is 11.1 Å². The summed E-state index contributed by atoms with van der Waals surface area (Å²) in [6.45, 7) is 1.82. The number of oxazole rings is 1. The fourth-order valence-electron chi connectivity index (χ4n) is 5.38. The highest BCUT2D eigenvalue weighted by molar-refractivity contribution is 5.77. The van der Waals surface area contributed by atoms with Gasteiger partial charge in [-0.2, -0.15) is 0 Å². The van der Waals surface area contributed by atoms with Crippen molar-refractivity contribution in [2.75, 3.05) is 13.1 Å². The Morgan fingerprint density at radius 1 is 1.23 bits per heavy atom. The lowest BCUT2D eigenvalue weighted by molar-refractivity contribution is -0.131. The van der Waals surface area contributed by atoms with E-state index in [0.29, 0.717) is 31.1 Å². The van der Waals surface area contributed by atoms with Crippen LogP contribution in [0.3, 0.4) is 0 Å². The summed E-state index contributed by atoms with van der Waals surface area (Å²) in [5, 5.41) is 8.67. The average Bonchev–Trinajstić information content (AvgIpc) is 3.18. The Morgan fingerprint density at radius 3 is 2.83 bits per heavy atom. The van der Waals surface area contributed by atoms with Gasteiger partial charge < -0.3 is 13.9 Å². The summed E-state index contributed by atoms with van der Waals surface area (Å²) in [6, 6.07) is 7.88. The molecule has 8 nitrogen and oxygen atoms in total. The zero-order chi connectivity index (χ0) is 20.3. The number of benzene rings is 1. The number of likely N-dealkylation sites (tertiary alicyclic amines) is 1. The van der Waals surface area contributed by atoms with E-state index in [-0.39, 0.29) is 17.2 Å². The summed E-state index contributed by atoms with van der Waals surface area (Å²) >= 11 is 0. The van der Waals surface area contributed by atoms with E-state index < -0.39 is 5.76 Å². The van der Waals surface area contributed by atoms with Crippen LogP contribution in [-0.2, 0) is 11.3 Å². The highest BCUT2D eigenvalue weighted by Crippen LogP contribution is 2.56. The van der Waals surface area contributed by atoms with Gasteiger partial charge in [-0.1, -0.05) is 18.6 Å². The Balaban J connectivity index is 1.20. The van der Waals surface area contributed by atoms with E-state index in [2.05, 4.69) is 14.8 Å². The maximum atomic E-state index is 13.1. The summed E-state index contributed by atoms with van der Waals surface area (Å²) in [5.41, 5.74) is 1.45. The SMILES string of the molecule is O=C(CCn1c(=O)oc2ccccc21)N1CC(c2nncn2C2CC2)C2(CCC2)C1. The van der Waals surface area contributed by atoms with E-state index >= 15 is 0 Å². The van der Waals surface area contributed by atoms with Gasteiger partial charge >= 0.3 is 5.76 Å². The normalized spacial score (nSPS) is 22.7. The van der Waals surface area contributed by atoms with E-state index in [0.717, 1.165) is 30.7 Å². The van der Waals surface area contributed by atoms with E-state index in [1.807, 2.05) is 29.4 Å². The molecule has 30 heavy (non-hydrogen) atoms. The van der Waals surface area contributed by atoms with Crippen molar-refractivity contribution in [2.24, 2.45) is 5.41 Å². The van der Waals surface area contributed by atoms with E-state index in [4.69, 9.17) is 4.42 Å². The Bertz CT molecular complexity index is 1170. The highest BCUT2D eigenvalue weighted by atomic mass is 16.4. The van der Waals surface area contributed by atoms with Gasteiger partial charge in [-0.25, -0.2) is 4.79 Å². The molecule has 3 aliphatic rings. The predicted octanol–water partition coefficient (Wildman–Crippen LogP) is 2.71. The molecule has 1 unspecified atom stereocenters. The number of amides is 1. The maximum absolute atomic E-state index is 13.1. The fourth-order valence-corrected chi connectivity index (χ4v) is 5.38. The number of carbonyl (C=O) groups excluding carboxylic acids is 1. The summed E-state index contributed by atoms with van der Waals surface area (Å²) < 4.78 is 9.09. The number of aryl methyl sites for hydroxylation is 1. The second-order valence-electron chi connectivity index (χ2n) is 9.11. The van der Waals surface area contributed by atoms with Crippen molar-refractivity contribution in [3.63, 3.8) is 0 Å². The van der Waals surface area contributed by atoms with Gasteiger partial charge in [0.2, 0.25) is 5.91 Å². The zero-order valence-electron chi connectivity index (χ0n) is 16.9. The Morgan fingerprint density at radius 2 is 2.07 bits per heavy atom. The van der Waals surface area contributed by atoms with Crippen LogP contribution in [0.2, 0.25) is 0 Å². The summed E-state index contributed by atoms with van der Waals surface area (Å²) in [4.78, 5) is 27.3. The molecular formula is C22H25N5O3. The van der Waals surface area contributed by atoms with Crippen molar-refractivity contribution in [3.05, 3.63) is 47.0 Å². The smallest absolute Gasteiger partial charge is 0.408 e. The fraction of sp³-hybridized carbons (Fsp3) is 0.545. The lowest BCUT2D eigenvalue weighted by atomic mass is 9.62. The third kappa shape index (κ3) is 2.73. The molecule has 1 atom stereocenters. The first-order valence-corrected chi connectivity index (χ1v) is 10.9. The van der Waals surface area contributed by atoms with Crippen LogP contribution >= 0.6 is 0 Å². The molecule has 8 heteroatoms. The number of hydrogen-bond donors (Lipinski definition) is 0. The van der Waals surface area contributed by atoms with Crippen LogP contribution in [0, 0.1) is 5.41 Å². The topological polar surface area (TPSA) is 86.2 Å². The first-order valence-electron chi connectivity index (χ1n) is 10.9. The second kappa shape index (κ2) is 6.55. The lowest BCUT2D eigenvalue weighted by Crippen LogP contribution is -2.38. The van der Waals surface area contributed by atoms with Crippen molar-refractivity contribution in [1.82, 2.24) is 24.2 Å². The van der Waals surface area contributed by atoms with Crippen molar-refractivity contribution in [2.45, 2.75) is 57.0 Å². The number of para-hydroxylation sites is 2. The van der Waals surface area contributed by atoms with E-state index in [1.54, 1.807) is 10.6 Å². The molecule has 156 valence electrons. The molecule has 3 fully saturated rings. The molecule has 6 rings (SSSR count). The molecule has 3 aromatic rings. The third-order valence-corrected chi connectivity index (χ3v) is 7.33. The van der Waals surface area contributed by atoms with Gasteiger partial charge in [0.25, 0.3) is 0 Å². The predicted molar refractivity (Wildman–Crippen MR) is 109 cm³/mol. The van der Waals surface area contributed by atoms with Crippen molar-refractivity contribution < 1.29 is 9.21 Å². The first kappa shape index (κ1) is 17.9. The molecule has 3 heterocycles. The number of aromatic nitrogens is 4. The minimum Gasteiger partial charge on any atom is -0.408 e. The summed E-state index contributed by atoms with van der Waals surface area (Å²) in [5.74, 6) is 1.01. The monoisotopic (exact) mass is 407 g/mol. The van der Waals surface area contributed by atoms with E-state index in [9.17, 15) is 9.59 Å². The second-order valence-corrected chi connectivity index (χ2v) is 9.11. The average molecular weight is 407 g/mol. The van der Waals surface area contributed by atoms with Crippen LogP contribution in [0.15, 0.2) is 39.8 Å². The summed E-state index contributed by atoms with van der Waals surface area (Å²) in [7, 11) is 0. The Hall–Kier alpha value is -2.90. The molecule has 0 bridgehead atoms. The van der Waals surface area contributed by atoms with Crippen LogP contribution < -0.4 is 5.76 Å². The summed E-state index contributed by atoms with van der Waals surface area (Å²) in [6.07, 6.45) is 8.05. The third-order valence-electron chi connectivity index (χ3n) is 7.33. The van der Waals surface area contributed by atoms with Gasteiger partial charge in [0.05, 0.1) is 5.52 Å². The maximum Gasteiger partial charge on any atom is 0.419 e. The molecule has 1 saturated heterocycles. The molecule has 1 aliphatic heterocycles. The number of hydrogen-bond acceptors (Lipinski definition) is 5. The van der Waals surface area contributed by atoms with Crippen LogP contribution in [0.5, 0.6) is 0 Å². The van der Waals surface area contributed by atoms with Crippen molar-refractivity contribution in [3.8, 4) is 0 Å². The highest BCUT2D eigenvalue weighted by Gasteiger charge is 2.54. The number of fused-ring (bicyclic) bond motifs is 1. The molecule has 1 aromatic carbocycles. The van der Waals surface area contributed by atoms with Crippen LogP contribution in [-0.4, -0.2) is 43.2 Å². The van der Waals surface area contributed by atoms with Crippen LogP contribution in [0.1, 0.15) is 56.3 Å². The van der Waals surface area contributed by atoms with Crippen molar-refractivity contribution in [1.29, 1.82) is 0 Å². The molecular weight excluding hydrogens is 382 g/mol. The number of nitrogens with zero attached hydrogens (tertiary/aromatic N) is 5. The molecule has 0 radical (unpaired) electrons. The van der Waals surface area contributed by atoms with Gasteiger partial charge in [-0.3, -0.25) is 9.36 Å². The largest absolute Gasteiger partial charge is 0.419 e. The van der Waals surface area contributed by atoms with Gasteiger partial charge in [-0.05, 0) is 43.2 Å². The zero-order valence-corrected chi connectivity index (χ0v) is 16.9. The van der Waals surface area contributed by atoms with E-state index in [1.165, 1.54) is 19.3 Å². The molecule has 2 saturated carbocycles. The molecule has 2 aliphatic carbocycles. The van der Waals surface area contributed by atoms with Crippen molar-refractivity contribution >= 4 is 17.0 Å². The molecule has 1 spiro atoms. The van der Waals surface area contributed by atoms with Crippen LogP contribution in [0.4, 0.5) is 0 Å².